The van der Waals surface area contributed by atoms with Crippen LogP contribution in [0.15, 0.2) is 65.5 Å². The second kappa shape index (κ2) is 7.62. The highest BCUT2D eigenvalue weighted by molar-refractivity contribution is 7.24. The van der Waals surface area contributed by atoms with Gasteiger partial charge in [-0.15, -0.1) is 11.3 Å². The van der Waals surface area contributed by atoms with Crippen LogP contribution >= 0.6 is 11.3 Å². The Balaban J connectivity index is 1.81. The first kappa shape index (κ1) is 21.5. The van der Waals surface area contributed by atoms with Crippen molar-refractivity contribution in [2.45, 2.75) is 6.18 Å². The van der Waals surface area contributed by atoms with Crippen LogP contribution in [0.2, 0.25) is 0 Å². The standard InChI is InChI=1S/C25H13F3N4OS/c1-31-18(14-5-4-6-15(11-14)25(26,27)28)9-10-20(31)22-16(12-29)23(33)32-19-7-2-3-8-21(19)34-24(32)17(22)13-30/h2-11H,1H3. The quantitative estimate of drug-likeness (QED) is 0.317. The van der Waals surface area contributed by atoms with Gasteiger partial charge in [0.15, 0.2) is 0 Å². The molecule has 0 unspecified atom stereocenters. The number of para-hydroxylation sites is 1. The third kappa shape index (κ3) is 3.10. The molecule has 0 bridgehead atoms. The second-order valence-corrected chi connectivity index (χ2v) is 8.64. The molecule has 3 aromatic heterocycles. The van der Waals surface area contributed by atoms with Crippen molar-refractivity contribution in [1.82, 2.24) is 8.97 Å². The molecular formula is C25H13F3N4OS. The van der Waals surface area contributed by atoms with E-state index in [4.69, 9.17) is 0 Å². The minimum atomic E-state index is -4.49. The van der Waals surface area contributed by atoms with Crippen LogP contribution in [0.1, 0.15) is 16.7 Å². The number of halogens is 3. The second-order valence-electron chi connectivity index (χ2n) is 7.61. The molecule has 0 N–H and O–H groups in total. The van der Waals surface area contributed by atoms with Gasteiger partial charge in [0.2, 0.25) is 0 Å². The lowest BCUT2D eigenvalue weighted by atomic mass is 10.0. The predicted molar refractivity (Wildman–Crippen MR) is 123 cm³/mol. The van der Waals surface area contributed by atoms with Crippen molar-refractivity contribution in [2.75, 3.05) is 0 Å². The maximum Gasteiger partial charge on any atom is 0.416 e. The Bertz CT molecular complexity index is 1760. The van der Waals surface area contributed by atoms with Crippen molar-refractivity contribution in [3.8, 4) is 34.7 Å². The van der Waals surface area contributed by atoms with E-state index in [1.54, 1.807) is 41.9 Å². The lowest BCUT2D eigenvalue weighted by molar-refractivity contribution is -0.137. The Labute approximate surface area is 194 Å². The Morgan fingerprint density at radius 3 is 2.32 bits per heavy atom. The van der Waals surface area contributed by atoms with Crippen molar-refractivity contribution in [1.29, 1.82) is 10.5 Å². The molecule has 9 heteroatoms. The van der Waals surface area contributed by atoms with E-state index < -0.39 is 17.3 Å². The van der Waals surface area contributed by atoms with Gasteiger partial charge in [0, 0.05) is 18.3 Å². The van der Waals surface area contributed by atoms with E-state index in [1.807, 2.05) is 18.2 Å². The van der Waals surface area contributed by atoms with E-state index in [0.717, 1.165) is 16.8 Å². The average molecular weight is 474 g/mol. The minimum absolute atomic E-state index is 0.161. The lowest BCUT2D eigenvalue weighted by Gasteiger charge is -2.13. The van der Waals surface area contributed by atoms with Gasteiger partial charge in [-0.1, -0.05) is 24.3 Å². The van der Waals surface area contributed by atoms with Crippen LogP contribution in [-0.2, 0) is 13.2 Å². The SMILES string of the molecule is Cn1c(-c2cccc(C(F)(F)F)c2)ccc1-c1c(C#N)c(=O)n2c(sc3ccccc32)c1C#N. The van der Waals surface area contributed by atoms with E-state index in [0.29, 0.717) is 27.3 Å². The van der Waals surface area contributed by atoms with Crippen LogP contribution in [-0.4, -0.2) is 8.97 Å². The highest BCUT2D eigenvalue weighted by Gasteiger charge is 2.31. The topological polar surface area (TPSA) is 74.0 Å². The fraction of sp³-hybridized carbons (Fsp3) is 0.0800. The summed E-state index contributed by atoms with van der Waals surface area (Å²) in [6.45, 7) is 0. The molecule has 2 aromatic carbocycles. The number of aromatic nitrogens is 2. The Hall–Kier alpha value is -4.34. The van der Waals surface area contributed by atoms with E-state index in [2.05, 4.69) is 6.07 Å². The van der Waals surface area contributed by atoms with Crippen molar-refractivity contribution in [2.24, 2.45) is 7.05 Å². The Morgan fingerprint density at radius 2 is 1.62 bits per heavy atom. The van der Waals surface area contributed by atoms with Gasteiger partial charge in [-0.3, -0.25) is 9.20 Å². The summed E-state index contributed by atoms with van der Waals surface area (Å²) in [6, 6.07) is 19.4. The number of thiazole rings is 1. The molecule has 0 aliphatic rings. The van der Waals surface area contributed by atoms with Crippen molar-refractivity contribution in [3.05, 3.63) is 87.7 Å². The summed E-state index contributed by atoms with van der Waals surface area (Å²) in [5.74, 6) is 0. The molecular weight excluding hydrogens is 461 g/mol. The molecule has 5 aromatic rings. The van der Waals surface area contributed by atoms with Crippen molar-refractivity contribution < 1.29 is 13.2 Å². The first-order valence-electron chi connectivity index (χ1n) is 10.0. The molecule has 0 fully saturated rings. The van der Waals surface area contributed by atoms with Gasteiger partial charge in [0.1, 0.15) is 22.5 Å². The largest absolute Gasteiger partial charge is 0.416 e. The zero-order chi connectivity index (χ0) is 24.2. The summed E-state index contributed by atoms with van der Waals surface area (Å²) < 4.78 is 43.4. The Morgan fingerprint density at radius 1 is 0.912 bits per heavy atom. The molecule has 0 spiro atoms. The molecule has 3 heterocycles. The predicted octanol–water partition coefficient (Wildman–Crippen LogP) is 5.95. The summed E-state index contributed by atoms with van der Waals surface area (Å²) >= 11 is 1.27. The number of fused-ring (bicyclic) bond motifs is 3. The fourth-order valence-electron chi connectivity index (χ4n) is 4.17. The summed E-state index contributed by atoms with van der Waals surface area (Å²) in [5.41, 5.74) is 0.552. The van der Waals surface area contributed by atoms with Gasteiger partial charge in [-0.05, 0) is 42.0 Å². The maximum atomic E-state index is 13.3. The van der Waals surface area contributed by atoms with Crippen molar-refractivity contribution >= 4 is 26.4 Å². The lowest BCUT2D eigenvalue weighted by Crippen LogP contribution is -2.19. The summed E-state index contributed by atoms with van der Waals surface area (Å²) in [7, 11) is 1.62. The molecule has 5 rings (SSSR count). The molecule has 0 atom stereocenters. The van der Waals surface area contributed by atoms with Crippen LogP contribution < -0.4 is 5.56 Å². The van der Waals surface area contributed by atoms with Crippen LogP contribution in [0.5, 0.6) is 0 Å². The van der Waals surface area contributed by atoms with E-state index in [1.165, 1.54) is 21.8 Å². The highest BCUT2D eigenvalue weighted by atomic mass is 32.1. The number of alkyl halides is 3. The zero-order valence-corrected chi connectivity index (χ0v) is 18.3. The number of hydrogen-bond acceptors (Lipinski definition) is 4. The minimum Gasteiger partial charge on any atom is -0.344 e. The van der Waals surface area contributed by atoms with Gasteiger partial charge in [0.25, 0.3) is 5.56 Å². The summed E-state index contributed by atoms with van der Waals surface area (Å²) in [5, 5.41) is 19.9. The highest BCUT2D eigenvalue weighted by Crippen LogP contribution is 2.37. The Kier molecular flexibility index (Phi) is 4.82. The van der Waals surface area contributed by atoms with E-state index >= 15 is 0 Å². The van der Waals surface area contributed by atoms with Gasteiger partial charge >= 0.3 is 6.18 Å². The molecule has 166 valence electrons. The number of benzene rings is 2. The first-order valence-corrected chi connectivity index (χ1v) is 10.8. The molecule has 0 saturated heterocycles. The molecule has 0 amide bonds. The molecule has 34 heavy (non-hydrogen) atoms. The maximum absolute atomic E-state index is 13.3. The third-order valence-electron chi connectivity index (χ3n) is 5.73. The number of nitriles is 2. The van der Waals surface area contributed by atoms with E-state index in [9.17, 15) is 28.5 Å². The zero-order valence-electron chi connectivity index (χ0n) is 17.5. The number of rotatable bonds is 2. The third-order valence-corrected chi connectivity index (χ3v) is 6.88. The molecule has 0 aliphatic heterocycles. The smallest absolute Gasteiger partial charge is 0.344 e. The molecule has 0 aliphatic carbocycles. The molecule has 0 saturated carbocycles. The normalized spacial score (nSPS) is 11.6. The van der Waals surface area contributed by atoms with Gasteiger partial charge in [0.05, 0.1) is 27.0 Å². The van der Waals surface area contributed by atoms with E-state index in [-0.39, 0.29) is 16.7 Å². The van der Waals surface area contributed by atoms with Crippen molar-refractivity contribution in [3.63, 3.8) is 0 Å². The fourth-order valence-corrected chi connectivity index (χ4v) is 5.31. The average Bonchev–Trinajstić information content (AvgIpc) is 3.39. The number of hydrogen-bond donors (Lipinski definition) is 0. The monoisotopic (exact) mass is 474 g/mol. The first-order chi connectivity index (χ1) is 16.3. The van der Waals surface area contributed by atoms with Gasteiger partial charge < -0.3 is 4.57 Å². The van der Waals surface area contributed by atoms with Crippen LogP contribution in [0.3, 0.4) is 0 Å². The summed E-state index contributed by atoms with van der Waals surface area (Å²) in [6.07, 6.45) is -4.49. The molecule has 0 radical (unpaired) electrons. The molecule has 5 nitrogen and oxygen atoms in total. The van der Waals surface area contributed by atoms with Gasteiger partial charge in [-0.2, -0.15) is 23.7 Å². The number of pyridine rings is 1. The van der Waals surface area contributed by atoms with Crippen LogP contribution in [0, 0.1) is 22.7 Å². The van der Waals surface area contributed by atoms with Gasteiger partial charge in [-0.25, -0.2) is 0 Å². The summed E-state index contributed by atoms with van der Waals surface area (Å²) in [4.78, 5) is 13.8. The van der Waals surface area contributed by atoms with Crippen LogP contribution in [0.4, 0.5) is 13.2 Å². The number of nitrogens with zero attached hydrogens (tertiary/aromatic N) is 4. The van der Waals surface area contributed by atoms with Crippen LogP contribution in [0.25, 0.3) is 37.6 Å².